The van der Waals surface area contributed by atoms with Gasteiger partial charge in [-0.05, 0) is 24.3 Å². The van der Waals surface area contributed by atoms with Crippen molar-refractivity contribution < 1.29 is 14.6 Å². The minimum Gasteiger partial charge on any atom is -0.508 e. The summed E-state index contributed by atoms with van der Waals surface area (Å²) < 4.78 is 4.70. The Kier molecular flexibility index (Phi) is 3.69. The number of benzene rings is 2. The van der Waals surface area contributed by atoms with Crippen LogP contribution in [0.1, 0.15) is 0 Å². The number of hydrogen-bond acceptors (Lipinski definition) is 3. The third-order valence-electron chi connectivity index (χ3n) is 2.09. The van der Waals surface area contributed by atoms with E-state index in [-0.39, 0.29) is 0 Å². The van der Waals surface area contributed by atoms with Crippen LogP contribution in [0, 0.1) is 0 Å². The normalized spacial score (nSPS) is 9.83. The van der Waals surface area contributed by atoms with Crippen molar-refractivity contribution in [3.63, 3.8) is 0 Å². The predicted molar refractivity (Wildman–Crippen MR) is 67.3 cm³/mol. The van der Waals surface area contributed by atoms with Gasteiger partial charge in [-0.25, -0.2) is 5.11 Å². The van der Waals surface area contributed by atoms with E-state index in [1.807, 2.05) is 6.07 Å². The molecule has 3 aromatic rings. The highest BCUT2D eigenvalue weighted by atomic mass is 35.5. The highest BCUT2D eigenvalue weighted by Crippen LogP contribution is 2.22. The van der Waals surface area contributed by atoms with E-state index < -0.39 is 6.08 Å². The monoisotopic (exact) mass is 262 g/mol. The van der Waals surface area contributed by atoms with E-state index >= 15 is 0 Å². The van der Waals surface area contributed by atoms with Crippen molar-refractivity contribution in [2.24, 2.45) is 0 Å². The van der Waals surface area contributed by atoms with Crippen LogP contribution in [0.25, 0.3) is 11.1 Å². The van der Waals surface area contributed by atoms with Gasteiger partial charge >= 0.3 is 6.08 Å². The summed E-state index contributed by atoms with van der Waals surface area (Å²) in [6, 6.07) is 13.6. The van der Waals surface area contributed by atoms with Crippen molar-refractivity contribution in [3.05, 3.63) is 53.6 Å². The molecule has 1 heterocycles. The molecule has 0 saturated heterocycles. The standard InChI is InChI=1S/C7H3ClNO2.C6H6O/c8-4-1-2-5-6(3-4)11-7(10)9-5;7-6-4-2-1-3-5-6/h1-3H;1-5,7H. The lowest BCUT2D eigenvalue weighted by atomic mass is 10.3. The van der Waals surface area contributed by atoms with Gasteiger partial charge in [0, 0.05) is 11.1 Å². The molecule has 4 nitrogen and oxygen atoms in total. The summed E-state index contributed by atoms with van der Waals surface area (Å²) >= 11 is 5.64. The van der Waals surface area contributed by atoms with Crippen molar-refractivity contribution >= 4 is 22.7 Å². The lowest BCUT2D eigenvalue weighted by Crippen LogP contribution is -1.65. The largest absolute Gasteiger partial charge is 0.508 e. The molecule has 91 valence electrons. The van der Waals surface area contributed by atoms with Crippen LogP contribution in [0.2, 0.25) is 5.02 Å². The van der Waals surface area contributed by atoms with Gasteiger partial charge in [0.15, 0.2) is 5.58 Å². The molecule has 1 radical (unpaired) electrons. The fourth-order valence-electron chi connectivity index (χ4n) is 1.31. The van der Waals surface area contributed by atoms with Crippen LogP contribution < -0.4 is 0 Å². The number of phenolic OH excluding ortho intramolecular Hbond substituents is 1. The molecule has 18 heavy (non-hydrogen) atoms. The Balaban J connectivity index is 0.000000149. The van der Waals surface area contributed by atoms with Crippen LogP contribution in [0.4, 0.5) is 0 Å². The van der Waals surface area contributed by atoms with E-state index in [4.69, 9.17) is 21.1 Å². The van der Waals surface area contributed by atoms with E-state index in [9.17, 15) is 5.11 Å². The summed E-state index contributed by atoms with van der Waals surface area (Å²) in [6.45, 7) is 0. The maximum Gasteiger partial charge on any atom is 0.439 e. The first-order valence-corrected chi connectivity index (χ1v) is 5.50. The molecule has 2 aromatic carbocycles. The smallest absolute Gasteiger partial charge is 0.439 e. The Hall–Kier alpha value is -2.20. The van der Waals surface area contributed by atoms with Gasteiger partial charge in [-0.2, -0.15) is 4.98 Å². The van der Waals surface area contributed by atoms with Crippen LogP contribution in [-0.4, -0.2) is 10.1 Å². The summed E-state index contributed by atoms with van der Waals surface area (Å²) in [6.07, 6.45) is -0.581. The summed E-state index contributed by atoms with van der Waals surface area (Å²) in [4.78, 5) is 3.57. The number of phenols is 1. The topological polar surface area (TPSA) is 66.2 Å². The number of hydrogen-bond donors (Lipinski definition) is 1. The van der Waals surface area contributed by atoms with Crippen LogP contribution in [0.3, 0.4) is 0 Å². The number of aromatic hydroxyl groups is 1. The maximum atomic E-state index is 10.6. The first-order valence-electron chi connectivity index (χ1n) is 5.12. The fourth-order valence-corrected chi connectivity index (χ4v) is 1.47. The summed E-state index contributed by atoms with van der Waals surface area (Å²) in [7, 11) is 0. The highest BCUT2D eigenvalue weighted by Gasteiger charge is 2.04. The lowest BCUT2D eigenvalue weighted by Gasteiger charge is -1.85. The molecule has 1 N–H and O–H groups in total. The molecule has 0 amide bonds. The van der Waals surface area contributed by atoms with Crippen LogP contribution in [0.5, 0.6) is 11.8 Å². The SMILES string of the molecule is Oc1ccccc1.[O]c1nc2ccc(Cl)cc2o1. The van der Waals surface area contributed by atoms with Crippen LogP contribution in [0.15, 0.2) is 52.9 Å². The molecule has 0 spiro atoms. The first kappa shape index (κ1) is 12.3. The van der Waals surface area contributed by atoms with Gasteiger partial charge in [-0.1, -0.05) is 29.8 Å². The van der Waals surface area contributed by atoms with Gasteiger partial charge in [-0.15, -0.1) is 0 Å². The molecule has 0 aliphatic rings. The van der Waals surface area contributed by atoms with Crippen molar-refractivity contribution in [1.82, 2.24) is 4.98 Å². The zero-order chi connectivity index (χ0) is 13.0. The molecule has 0 saturated carbocycles. The second kappa shape index (κ2) is 5.42. The van der Waals surface area contributed by atoms with Crippen LogP contribution in [-0.2, 0) is 5.11 Å². The number of para-hydroxylation sites is 1. The fraction of sp³-hybridized carbons (Fsp3) is 0. The van der Waals surface area contributed by atoms with Gasteiger partial charge in [0.1, 0.15) is 11.3 Å². The van der Waals surface area contributed by atoms with E-state index in [1.54, 1.807) is 42.5 Å². The van der Waals surface area contributed by atoms with E-state index in [2.05, 4.69) is 4.98 Å². The molecule has 0 aliphatic heterocycles. The number of halogens is 1. The molecule has 0 aliphatic carbocycles. The third kappa shape index (κ3) is 3.15. The molecule has 0 fully saturated rings. The quantitative estimate of drug-likeness (QED) is 0.665. The minimum absolute atomic E-state index is 0.322. The maximum absolute atomic E-state index is 10.6. The number of fused-ring (bicyclic) bond motifs is 1. The molecule has 0 unspecified atom stereocenters. The van der Waals surface area contributed by atoms with E-state index in [0.29, 0.717) is 21.9 Å². The number of nitrogens with zero attached hydrogens (tertiary/aromatic N) is 1. The molecule has 0 atom stereocenters. The van der Waals surface area contributed by atoms with Crippen molar-refractivity contribution in [2.75, 3.05) is 0 Å². The highest BCUT2D eigenvalue weighted by molar-refractivity contribution is 6.31. The van der Waals surface area contributed by atoms with Gasteiger partial charge in [-0.3, -0.25) is 0 Å². The number of aromatic nitrogens is 1. The van der Waals surface area contributed by atoms with E-state index in [1.165, 1.54) is 0 Å². The third-order valence-corrected chi connectivity index (χ3v) is 2.32. The molecular weight excluding hydrogens is 254 g/mol. The Morgan fingerprint density at radius 3 is 2.44 bits per heavy atom. The molecule has 5 heteroatoms. The minimum atomic E-state index is -0.581. The number of oxazole rings is 1. The van der Waals surface area contributed by atoms with Gasteiger partial charge in [0.2, 0.25) is 0 Å². The predicted octanol–water partition coefficient (Wildman–Crippen LogP) is 4.02. The second-order valence-corrected chi connectivity index (χ2v) is 3.86. The zero-order valence-electron chi connectivity index (χ0n) is 9.21. The van der Waals surface area contributed by atoms with E-state index in [0.717, 1.165) is 0 Å². The Morgan fingerprint density at radius 2 is 1.83 bits per heavy atom. The van der Waals surface area contributed by atoms with Gasteiger partial charge < -0.3 is 9.52 Å². The number of rotatable bonds is 0. The summed E-state index contributed by atoms with van der Waals surface area (Å²) in [5.41, 5.74) is 0.974. The average molecular weight is 263 g/mol. The zero-order valence-corrected chi connectivity index (χ0v) is 9.96. The molecular formula is C13H9ClNO3. The lowest BCUT2D eigenvalue weighted by molar-refractivity contribution is 0.245. The molecule has 0 bridgehead atoms. The van der Waals surface area contributed by atoms with Crippen molar-refractivity contribution in [3.8, 4) is 11.8 Å². The van der Waals surface area contributed by atoms with Crippen molar-refractivity contribution in [2.45, 2.75) is 0 Å². The Labute approximate surface area is 108 Å². The molecule has 1 aromatic heterocycles. The van der Waals surface area contributed by atoms with Gasteiger partial charge in [0.25, 0.3) is 0 Å². The molecule has 3 rings (SSSR count). The average Bonchev–Trinajstić information content (AvgIpc) is 2.70. The summed E-state index contributed by atoms with van der Waals surface area (Å²) in [5.74, 6) is 0.322. The first-order chi connectivity index (χ1) is 8.65. The Morgan fingerprint density at radius 1 is 1.11 bits per heavy atom. The van der Waals surface area contributed by atoms with Crippen molar-refractivity contribution in [1.29, 1.82) is 0 Å². The Bertz CT molecular complexity index is 637. The second-order valence-electron chi connectivity index (χ2n) is 3.43. The summed E-state index contributed by atoms with van der Waals surface area (Å²) in [5, 5.41) is 19.7. The van der Waals surface area contributed by atoms with Crippen LogP contribution >= 0.6 is 11.6 Å². The van der Waals surface area contributed by atoms with Gasteiger partial charge in [0.05, 0.1) is 0 Å².